The van der Waals surface area contributed by atoms with Crippen LogP contribution in [0.25, 0.3) is 0 Å². The SMILES string of the molecule is CCOc1cc(C)c(Cl)c(C)c1CCCC#N. The quantitative estimate of drug-likeness (QED) is 0.735. The van der Waals surface area contributed by atoms with E-state index in [-0.39, 0.29) is 0 Å². The van der Waals surface area contributed by atoms with Gasteiger partial charge in [-0.3, -0.25) is 0 Å². The van der Waals surface area contributed by atoms with Gasteiger partial charge in [-0.15, -0.1) is 0 Å². The van der Waals surface area contributed by atoms with Crippen LogP contribution in [0.1, 0.15) is 36.5 Å². The van der Waals surface area contributed by atoms with Crippen LogP contribution in [0.4, 0.5) is 0 Å². The highest BCUT2D eigenvalue weighted by Gasteiger charge is 2.12. The predicted molar refractivity (Wildman–Crippen MR) is 70.6 cm³/mol. The van der Waals surface area contributed by atoms with Crippen molar-refractivity contribution in [3.63, 3.8) is 0 Å². The molecule has 0 heterocycles. The molecule has 0 fully saturated rings. The number of hydrogen-bond acceptors (Lipinski definition) is 2. The first kappa shape index (κ1) is 13.9. The molecule has 3 heteroatoms. The standard InChI is InChI=1S/C14H18ClNO/c1-4-17-13-9-10(2)14(15)11(3)12(13)7-5-6-8-16/h9H,4-7H2,1-3H3. The van der Waals surface area contributed by atoms with E-state index >= 15 is 0 Å². The molecular formula is C14H18ClNO. The van der Waals surface area contributed by atoms with Crippen LogP contribution >= 0.6 is 11.6 Å². The number of halogens is 1. The Morgan fingerprint density at radius 3 is 2.71 bits per heavy atom. The number of aryl methyl sites for hydroxylation is 1. The monoisotopic (exact) mass is 251 g/mol. The van der Waals surface area contributed by atoms with E-state index in [0.717, 1.165) is 40.3 Å². The van der Waals surface area contributed by atoms with Gasteiger partial charge in [-0.1, -0.05) is 11.6 Å². The minimum Gasteiger partial charge on any atom is -0.494 e. The summed E-state index contributed by atoms with van der Waals surface area (Å²) in [5.74, 6) is 0.907. The molecule has 1 aromatic carbocycles. The summed E-state index contributed by atoms with van der Waals surface area (Å²) >= 11 is 6.25. The second kappa shape index (κ2) is 6.51. The van der Waals surface area contributed by atoms with Crippen LogP contribution in [-0.2, 0) is 6.42 Å². The molecule has 1 rings (SSSR count). The van der Waals surface area contributed by atoms with Crippen LogP contribution in [0.5, 0.6) is 5.75 Å². The van der Waals surface area contributed by atoms with Gasteiger partial charge in [-0.2, -0.15) is 5.26 Å². The minimum absolute atomic E-state index is 0.566. The van der Waals surface area contributed by atoms with Gasteiger partial charge >= 0.3 is 0 Å². The van der Waals surface area contributed by atoms with Gasteiger partial charge in [0.25, 0.3) is 0 Å². The van der Waals surface area contributed by atoms with Crippen molar-refractivity contribution in [3.05, 3.63) is 27.8 Å². The van der Waals surface area contributed by atoms with Gasteiger partial charge in [-0.25, -0.2) is 0 Å². The molecule has 0 bridgehead atoms. The Balaban J connectivity index is 3.06. The van der Waals surface area contributed by atoms with Crippen molar-refractivity contribution in [3.8, 4) is 11.8 Å². The average Bonchev–Trinajstić information content (AvgIpc) is 2.31. The molecule has 0 aromatic heterocycles. The molecule has 0 aliphatic rings. The highest BCUT2D eigenvalue weighted by molar-refractivity contribution is 6.32. The normalized spacial score (nSPS) is 10.1. The maximum Gasteiger partial charge on any atom is 0.123 e. The van der Waals surface area contributed by atoms with Crippen LogP contribution in [0.15, 0.2) is 6.07 Å². The van der Waals surface area contributed by atoms with Crippen molar-refractivity contribution in [2.45, 2.75) is 40.0 Å². The highest BCUT2D eigenvalue weighted by Crippen LogP contribution is 2.32. The molecule has 92 valence electrons. The summed E-state index contributed by atoms with van der Waals surface area (Å²) in [7, 11) is 0. The van der Waals surface area contributed by atoms with E-state index in [2.05, 4.69) is 6.07 Å². The summed E-state index contributed by atoms with van der Waals surface area (Å²) < 4.78 is 5.64. The molecule has 0 aliphatic carbocycles. The Bertz CT molecular complexity index is 435. The zero-order chi connectivity index (χ0) is 12.8. The highest BCUT2D eigenvalue weighted by atomic mass is 35.5. The number of rotatable bonds is 5. The molecule has 0 atom stereocenters. The van der Waals surface area contributed by atoms with Gasteiger partial charge in [0.15, 0.2) is 0 Å². The maximum atomic E-state index is 8.58. The fraction of sp³-hybridized carbons (Fsp3) is 0.500. The molecule has 0 saturated carbocycles. The van der Waals surface area contributed by atoms with E-state index < -0.39 is 0 Å². The molecule has 0 saturated heterocycles. The molecule has 0 radical (unpaired) electrons. The van der Waals surface area contributed by atoms with Gasteiger partial charge in [0, 0.05) is 11.4 Å². The van der Waals surface area contributed by atoms with Crippen molar-refractivity contribution in [2.24, 2.45) is 0 Å². The van der Waals surface area contributed by atoms with Crippen molar-refractivity contribution in [1.82, 2.24) is 0 Å². The van der Waals surface area contributed by atoms with Crippen molar-refractivity contribution >= 4 is 11.6 Å². The molecule has 17 heavy (non-hydrogen) atoms. The third-order valence-electron chi connectivity index (χ3n) is 2.79. The average molecular weight is 252 g/mol. The lowest BCUT2D eigenvalue weighted by Gasteiger charge is -2.15. The van der Waals surface area contributed by atoms with Crippen LogP contribution < -0.4 is 4.74 Å². The van der Waals surface area contributed by atoms with Gasteiger partial charge in [0.1, 0.15) is 5.75 Å². The van der Waals surface area contributed by atoms with Crippen molar-refractivity contribution in [2.75, 3.05) is 6.61 Å². The number of nitrogens with zero attached hydrogens (tertiary/aromatic N) is 1. The van der Waals surface area contributed by atoms with E-state index in [1.165, 1.54) is 0 Å². The molecule has 0 spiro atoms. The first-order valence-electron chi connectivity index (χ1n) is 5.90. The summed E-state index contributed by atoms with van der Waals surface area (Å²) in [5.41, 5.74) is 3.25. The topological polar surface area (TPSA) is 33.0 Å². The van der Waals surface area contributed by atoms with Crippen LogP contribution in [0.2, 0.25) is 5.02 Å². The Kier molecular flexibility index (Phi) is 5.31. The van der Waals surface area contributed by atoms with Gasteiger partial charge < -0.3 is 4.74 Å². The molecule has 0 aliphatic heterocycles. The number of unbranched alkanes of at least 4 members (excludes halogenated alkanes) is 1. The third-order valence-corrected chi connectivity index (χ3v) is 3.37. The minimum atomic E-state index is 0.566. The lowest BCUT2D eigenvalue weighted by Crippen LogP contribution is -2.01. The zero-order valence-corrected chi connectivity index (χ0v) is 11.4. The molecule has 0 N–H and O–H groups in total. The number of ether oxygens (including phenoxy) is 1. The fourth-order valence-electron chi connectivity index (χ4n) is 1.90. The van der Waals surface area contributed by atoms with E-state index in [1.807, 2.05) is 26.8 Å². The predicted octanol–water partition coefficient (Wildman–Crippen LogP) is 4.20. The Hall–Kier alpha value is -1.20. The smallest absolute Gasteiger partial charge is 0.123 e. The van der Waals surface area contributed by atoms with E-state index in [0.29, 0.717) is 13.0 Å². The Labute approximate surface area is 108 Å². The van der Waals surface area contributed by atoms with Crippen molar-refractivity contribution in [1.29, 1.82) is 5.26 Å². The lowest BCUT2D eigenvalue weighted by atomic mass is 9.99. The van der Waals surface area contributed by atoms with Gasteiger partial charge in [-0.05, 0) is 56.4 Å². The van der Waals surface area contributed by atoms with Gasteiger partial charge in [0.2, 0.25) is 0 Å². The summed E-state index contributed by atoms with van der Waals surface area (Å²) in [6, 6.07) is 4.15. The van der Waals surface area contributed by atoms with Crippen molar-refractivity contribution < 1.29 is 4.74 Å². The first-order valence-corrected chi connectivity index (χ1v) is 6.27. The summed E-state index contributed by atoms with van der Waals surface area (Å²) in [5, 5.41) is 9.38. The number of nitriles is 1. The largest absolute Gasteiger partial charge is 0.494 e. The van der Waals surface area contributed by atoms with Gasteiger partial charge in [0.05, 0.1) is 12.7 Å². The first-order chi connectivity index (χ1) is 8.11. The summed E-state index contributed by atoms with van der Waals surface area (Å²) in [6.07, 6.45) is 2.25. The molecule has 2 nitrogen and oxygen atoms in total. The molecule has 0 unspecified atom stereocenters. The van der Waals surface area contributed by atoms with Crippen LogP contribution in [-0.4, -0.2) is 6.61 Å². The Morgan fingerprint density at radius 2 is 2.12 bits per heavy atom. The fourth-order valence-corrected chi connectivity index (χ4v) is 2.07. The summed E-state index contributed by atoms with van der Waals surface area (Å²) in [6.45, 7) is 6.61. The molecular weight excluding hydrogens is 234 g/mol. The second-order valence-electron chi connectivity index (χ2n) is 4.05. The van der Waals surface area contributed by atoms with Crippen LogP contribution in [0.3, 0.4) is 0 Å². The lowest BCUT2D eigenvalue weighted by molar-refractivity contribution is 0.335. The molecule has 0 amide bonds. The van der Waals surface area contributed by atoms with E-state index in [9.17, 15) is 0 Å². The van der Waals surface area contributed by atoms with E-state index in [1.54, 1.807) is 0 Å². The third kappa shape index (κ3) is 3.38. The summed E-state index contributed by atoms with van der Waals surface area (Å²) in [4.78, 5) is 0. The second-order valence-corrected chi connectivity index (χ2v) is 4.43. The maximum absolute atomic E-state index is 8.58. The van der Waals surface area contributed by atoms with E-state index in [4.69, 9.17) is 21.6 Å². The van der Waals surface area contributed by atoms with Crippen LogP contribution in [0, 0.1) is 25.2 Å². The number of hydrogen-bond donors (Lipinski definition) is 0. The zero-order valence-electron chi connectivity index (χ0n) is 10.6. The Morgan fingerprint density at radius 1 is 1.41 bits per heavy atom. The number of benzene rings is 1. The molecule has 1 aromatic rings.